The summed E-state index contributed by atoms with van der Waals surface area (Å²) in [6, 6.07) is 1.74. The van der Waals surface area contributed by atoms with Gasteiger partial charge in [0.1, 0.15) is 5.76 Å². The van der Waals surface area contributed by atoms with Gasteiger partial charge >= 0.3 is 0 Å². The number of carbonyl (C=O) groups excluding carboxylic acids is 1. The smallest absolute Gasteiger partial charge is 0.252 e. The molecule has 0 saturated carbocycles. The Morgan fingerprint density at radius 2 is 2.05 bits per heavy atom. The van der Waals surface area contributed by atoms with Gasteiger partial charge < -0.3 is 15.1 Å². The molecule has 0 radical (unpaired) electrons. The molecule has 21 heavy (non-hydrogen) atoms. The number of nitrogens with two attached hydrogens (primary N) is 1. The van der Waals surface area contributed by atoms with Gasteiger partial charge in [-0.05, 0) is 13.8 Å². The van der Waals surface area contributed by atoms with Crippen LogP contribution in [0.4, 0.5) is 5.69 Å². The summed E-state index contributed by atoms with van der Waals surface area (Å²) in [6.45, 7) is 3.64. The van der Waals surface area contributed by atoms with Crippen molar-refractivity contribution in [2.24, 2.45) is 0 Å². The summed E-state index contributed by atoms with van der Waals surface area (Å²) >= 11 is 6.00. The second kappa shape index (κ2) is 7.74. The van der Waals surface area contributed by atoms with Gasteiger partial charge in [0.05, 0.1) is 10.7 Å². The van der Waals surface area contributed by atoms with Crippen LogP contribution in [0.25, 0.3) is 5.03 Å². The standard InChI is InChI=1S/C16H21ClN2O2/c1-5-11(16(20)19(3)4)8-7-9-12-10-14(18)15(21-12)13(17)6-2/h5-8,10H,9,18H2,1-4H3/b8-7-,11-5+,13-6+. The number of nitrogens with zero attached hydrogens (tertiary/aromatic N) is 1. The Balaban J connectivity index is 2.80. The Morgan fingerprint density at radius 1 is 1.38 bits per heavy atom. The lowest BCUT2D eigenvalue weighted by Crippen LogP contribution is -2.22. The highest BCUT2D eigenvalue weighted by Crippen LogP contribution is 2.28. The fourth-order valence-electron chi connectivity index (χ4n) is 1.73. The van der Waals surface area contributed by atoms with Crippen LogP contribution in [0.2, 0.25) is 0 Å². The molecule has 114 valence electrons. The summed E-state index contributed by atoms with van der Waals surface area (Å²) in [6.07, 6.45) is 7.68. The van der Waals surface area contributed by atoms with E-state index in [1.54, 1.807) is 38.4 Å². The third kappa shape index (κ3) is 4.53. The van der Waals surface area contributed by atoms with Crippen LogP contribution >= 0.6 is 11.6 Å². The van der Waals surface area contributed by atoms with Gasteiger partial charge in [-0.15, -0.1) is 0 Å². The number of furan rings is 1. The average molecular weight is 309 g/mol. The van der Waals surface area contributed by atoms with Crippen LogP contribution < -0.4 is 5.73 Å². The van der Waals surface area contributed by atoms with Crippen LogP contribution in [0.5, 0.6) is 0 Å². The van der Waals surface area contributed by atoms with Crippen LogP contribution in [0.15, 0.2) is 40.4 Å². The molecule has 0 bridgehead atoms. The number of allylic oxidation sites excluding steroid dienone is 3. The molecule has 0 aliphatic carbocycles. The molecular formula is C16H21ClN2O2. The first kappa shape index (κ1) is 17.1. The van der Waals surface area contributed by atoms with Crippen molar-refractivity contribution >= 4 is 28.2 Å². The third-order valence-corrected chi connectivity index (χ3v) is 3.25. The Labute approximate surface area is 130 Å². The number of hydrogen-bond donors (Lipinski definition) is 1. The zero-order chi connectivity index (χ0) is 16.0. The molecule has 4 nitrogen and oxygen atoms in total. The second-order valence-corrected chi connectivity index (χ2v) is 5.09. The van der Waals surface area contributed by atoms with Gasteiger partial charge in [-0.25, -0.2) is 0 Å². The Morgan fingerprint density at radius 3 is 2.57 bits per heavy atom. The lowest BCUT2D eigenvalue weighted by molar-refractivity contribution is -0.124. The molecule has 1 aromatic rings. The maximum absolute atomic E-state index is 11.8. The van der Waals surface area contributed by atoms with Crippen molar-refractivity contribution in [3.63, 3.8) is 0 Å². The van der Waals surface area contributed by atoms with Gasteiger partial charge in [-0.1, -0.05) is 35.9 Å². The predicted octanol–water partition coefficient (Wildman–Crippen LogP) is 3.59. The quantitative estimate of drug-likeness (QED) is 0.668. The predicted molar refractivity (Wildman–Crippen MR) is 87.9 cm³/mol. The number of halogens is 1. The maximum atomic E-state index is 11.8. The van der Waals surface area contributed by atoms with E-state index in [1.807, 2.05) is 19.9 Å². The molecule has 1 heterocycles. The monoisotopic (exact) mass is 308 g/mol. The lowest BCUT2D eigenvalue weighted by Gasteiger charge is -2.10. The zero-order valence-corrected chi connectivity index (χ0v) is 13.6. The third-order valence-electron chi connectivity index (χ3n) is 2.86. The molecular weight excluding hydrogens is 288 g/mol. The SMILES string of the molecule is C/C=C(\C=C/Cc1cc(N)c(/C(Cl)=C\C)o1)C(=O)N(C)C. The largest absolute Gasteiger partial charge is 0.458 e. The van der Waals surface area contributed by atoms with Crippen LogP contribution in [0.1, 0.15) is 25.4 Å². The molecule has 0 spiro atoms. The van der Waals surface area contributed by atoms with Crippen LogP contribution in [-0.2, 0) is 11.2 Å². The first-order valence-corrected chi connectivity index (χ1v) is 7.03. The highest BCUT2D eigenvalue weighted by atomic mass is 35.5. The number of carbonyl (C=O) groups is 1. The van der Waals surface area contributed by atoms with Gasteiger partial charge in [0, 0.05) is 32.2 Å². The molecule has 0 aromatic carbocycles. The molecule has 0 unspecified atom stereocenters. The number of amides is 1. The van der Waals surface area contributed by atoms with Gasteiger partial charge in [-0.3, -0.25) is 4.79 Å². The first-order chi connectivity index (χ1) is 9.90. The average Bonchev–Trinajstić information content (AvgIpc) is 2.83. The lowest BCUT2D eigenvalue weighted by atomic mass is 10.2. The van der Waals surface area contributed by atoms with Crippen molar-refractivity contribution in [2.75, 3.05) is 19.8 Å². The topological polar surface area (TPSA) is 59.5 Å². The Hall–Kier alpha value is -1.94. The molecule has 1 amide bonds. The van der Waals surface area contributed by atoms with Gasteiger partial charge in [-0.2, -0.15) is 0 Å². The minimum absolute atomic E-state index is 0.0367. The molecule has 0 saturated heterocycles. The number of rotatable bonds is 5. The van der Waals surface area contributed by atoms with Gasteiger partial charge in [0.2, 0.25) is 0 Å². The maximum Gasteiger partial charge on any atom is 0.252 e. The van der Waals surface area contributed by atoms with Crippen LogP contribution in [0, 0.1) is 0 Å². The van der Waals surface area contributed by atoms with Gasteiger partial charge in [0.25, 0.3) is 5.91 Å². The molecule has 1 rings (SSSR count). The molecule has 2 N–H and O–H groups in total. The highest BCUT2D eigenvalue weighted by molar-refractivity contribution is 6.48. The fraction of sp³-hybridized carbons (Fsp3) is 0.312. The van der Waals surface area contributed by atoms with Crippen molar-refractivity contribution in [3.8, 4) is 0 Å². The van der Waals surface area contributed by atoms with Crippen molar-refractivity contribution in [3.05, 3.63) is 47.5 Å². The number of nitrogen functional groups attached to an aromatic ring is 1. The van der Waals surface area contributed by atoms with Gasteiger partial charge in [0.15, 0.2) is 5.76 Å². The minimum Gasteiger partial charge on any atom is -0.458 e. The fourth-order valence-corrected chi connectivity index (χ4v) is 1.88. The van der Waals surface area contributed by atoms with E-state index < -0.39 is 0 Å². The van der Waals surface area contributed by atoms with Crippen molar-refractivity contribution < 1.29 is 9.21 Å². The van der Waals surface area contributed by atoms with E-state index in [1.165, 1.54) is 4.90 Å². The molecule has 0 fully saturated rings. The van der Waals surface area contributed by atoms with Crippen molar-refractivity contribution in [2.45, 2.75) is 20.3 Å². The molecule has 1 aromatic heterocycles. The van der Waals surface area contributed by atoms with E-state index in [4.69, 9.17) is 21.8 Å². The first-order valence-electron chi connectivity index (χ1n) is 6.65. The van der Waals surface area contributed by atoms with E-state index in [0.717, 1.165) is 0 Å². The number of anilines is 1. The van der Waals surface area contributed by atoms with E-state index in [-0.39, 0.29) is 5.91 Å². The summed E-state index contributed by atoms with van der Waals surface area (Å²) in [5, 5.41) is 0.486. The zero-order valence-electron chi connectivity index (χ0n) is 12.8. The highest BCUT2D eigenvalue weighted by Gasteiger charge is 2.11. The van der Waals surface area contributed by atoms with E-state index in [9.17, 15) is 4.79 Å². The van der Waals surface area contributed by atoms with Crippen LogP contribution in [-0.4, -0.2) is 24.9 Å². The summed E-state index contributed by atoms with van der Waals surface area (Å²) in [4.78, 5) is 13.4. The molecule has 0 atom stereocenters. The van der Waals surface area contributed by atoms with E-state index >= 15 is 0 Å². The minimum atomic E-state index is -0.0367. The van der Waals surface area contributed by atoms with Crippen LogP contribution in [0.3, 0.4) is 0 Å². The van der Waals surface area contributed by atoms with E-state index in [0.29, 0.717) is 34.2 Å². The van der Waals surface area contributed by atoms with Crippen molar-refractivity contribution in [1.29, 1.82) is 0 Å². The number of likely N-dealkylation sites (N-methyl/N-ethyl adjacent to an activating group) is 1. The second-order valence-electron chi connectivity index (χ2n) is 4.68. The summed E-state index contributed by atoms with van der Waals surface area (Å²) < 4.78 is 5.60. The summed E-state index contributed by atoms with van der Waals surface area (Å²) in [5.41, 5.74) is 6.99. The molecule has 0 aliphatic rings. The normalized spacial score (nSPS) is 13.0. The Bertz CT molecular complexity index is 595. The molecule has 5 heteroatoms. The van der Waals surface area contributed by atoms with Crippen molar-refractivity contribution in [1.82, 2.24) is 4.90 Å². The molecule has 0 aliphatic heterocycles. The van der Waals surface area contributed by atoms with E-state index in [2.05, 4.69) is 0 Å². The number of hydrogen-bond acceptors (Lipinski definition) is 3. The summed E-state index contributed by atoms with van der Waals surface area (Å²) in [5.74, 6) is 1.15. The summed E-state index contributed by atoms with van der Waals surface area (Å²) in [7, 11) is 3.44. The Kier molecular flexibility index (Phi) is 6.31.